The number of benzene rings is 4. The number of carboxylic acid groups (broad SMARTS) is 1. The third kappa shape index (κ3) is 30.2. The molecule has 0 saturated carbocycles. The van der Waals surface area contributed by atoms with Crippen molar-refractivity contribution in [1.29, 1.82) is 0 Å². The van der Waals surface area contributed by atoms with Crippen molar-refractivity contribution in [3.63, 3.8) is 0 Å². The van der Waals surface area contributed by atoms with Gasteiger partial charge in [0.1, 0.15) is 86.8 Å². The van der Waals surface area contributed by atoms with Gasteiger partial charge in [-0.15, -0.1) is 24.8 Å². The molecule has 604 valence electrons. The quantitative estimate of drug-likeness (QED) is 0.0374. The van der Waals surface area contributed by atoms with Crippen molar-refractivity contribution in [2.75, 3.05) is 147 Å². The standard InChI is InChI=1S/C22H30FN3O5.C20H25FN2O6.2C17H22FN3O3.2ClH/c1-22(2,3)31-21(29)24-12-15(11-23)14-30-17-6-7-18-16(10-17)8-9-26(20(18)28)13-19(27)25(4)5;1-20(2,3)29-19(27)22-10-13(9-21)12-28-15-4-5-16-14(8-15)6-7-23(18(16)26)11-17(24)25;2*1-20(2)16(22)10-21-6-5-13-7-14(3-4-15(13)17(21)23)24-11-12(8-18)9-19;;/h6-7,10-11H,8-9,12-14H2,1-5H3,(H,24,29);4-5,8-9H,6-7,10-12H2,1-3H3,(H,22,27)(H,24,25);2*3-4,7-8H,5-6,9-11,19H2,1-2H3;2*1H/b15-11-;13-9-;2*12-8-;;. The van der Waals surface area contributed by atoms with Gasteiger partial charge in [-0.1, -0.05) is 0 Å². The molecule has 8 rings (SSSR count). The maximum Gasteiger partial charge on any atom is 0.407 e. The van der Waals surface area contributed by atoms with Crippen LogP contribution in [0.15, 0.2) is 120 Å². The van der Waals surface area contributed by atoms with E-state index in [1.165, 1.54) is 24.5 Å². The van der Waals surface area contributed by atoms with Gasteiger partial charge in [0.25, 0.3) is 23.6 Å². The van der Waals surface area contributed by atoms with E-state index in [-0.39, 0.29) is 156 Å². The Balaban J connectivity index is 0.000000380. The van der Waals surface area contributed by atoms with Crippen LogP contribution in [0.4, 0.5) is 27.2 Å². The summed E-state index contributed by atoms with van der Waals surface area (Å²) < 4.78 is 83.6. The molecule has 0 unspecified atom stereocenters. The molecule has 0 aliphatic carbocycles. The highest BCUT2D eigenvalue weighted by molar-refractivity contribution is 6.01. The number of amides is 9. The van der Waals surface area contributed by atoms with Crippen molar-refractivity contribution in [1.82, 2.24) is 44.9 Å². The van der Waals surface area contributed by atoms with Gasteiger partial charge in [-0.25, -0.2) is 27.2 Å². The molecule has 0 bridgehead atoms. The highest BCUT2D eigenvalue weighted by Gasteiger charge is 2.31. The van der Waals surface area contributed by atoms with Crippen molar-refractivity contribution in [3.05, 3.63) is 165 Å². The maximum absolute atomic E-state index is 13.2. The second-order valence-corrected chi connectivity index (χ2v) is 27.8. The molecule has 0 saturated heterocycles. The van der Waals surface area contributed by atoms with Crippen molar-refractivity contribution < 1.29 is 99.0 Å². The number of alkyl carbamates (subject to hydrolysis) is 2. The zero-order valence-electron chi connectivity index (χ0n) is 64.0. The molecule has 0 atom stereocenters. The third-order valence-corrected chi connectivity index (χ3v) is 16.3. The van der Waals surface area contributed by atoms with Crippen molar-refractivity contribution in [3.8, 4) is 23.0 Å². The number of likely N-dealkylation sites (N-methyl/N-ethyl adjacent to an activating group) is 3. The lowest BCUT2D eigenvalue weighted by Crippen LogP contribution is -2.43. The van der Waals surface area contributed by atoms with Gasteiger partial charge >= 0.3 is 18.2 Å². The van der Waals surface area contributed by atoms with Crippen LogP contribution in [0.3, 0.4) is 0 Å². The third-order valence-electron chi connectivity index (χ3n) is 16.3. The first-order valence-corrected chi connectivity index (χ1v) is 34.5. The Labute approximate surface area is 650 Å². The minimum Gasteiger partial charge on any atom is -0.489 e. The molecule has 4 aliphatic rings. The second-order valence-electron chi connectivity index (χ2n) is 27.8. The van der Waals surface area contributed by atoms with E-state index in [1.807, 2.05) is 0 Å². The number of hydrogen-bond donors (Lipinski definition) is 5. The summed E-state index contributed by atoms with van der Waals surface area (Å²) in [5.74, 6) is -0.235. The number of fused-ring (bicyclic) bond motifs is 4. The molecular formula is C76H101Cl2F4N11O17. The highest BCUT2D eigenvalue weighted by Crippen LogP contribution is 2.29. The van der Waals surface area contributed by atoms with Crippen LogP contribution in [0.2, 0.25) is 0 Å². The molecule has 9 amide bonds. The molecule has 4 heterocycles. The molecule has 0 radical (unpaired) electrons. The number of nitrogens with zero attached hydrogens (tertiary/aromatic N) is 7. The molecule has 110 heavy (non-hydrogen) atoms. The van der Waals surface area contributed by atoms with Crippen LogP contribution in [-0.2, 0) is 54.3 Å². The normalized spacial score (nSPS) is 14.0. The fourth-order valence-corrected chi connectivity index (χ4v) is 10.3. The van der Waals surface area contributed by atoms with Gasteiger partial charge in [0, 0.05) is 139 Å². The Bertz CT molecular complexity index is 3900. The molecule has 0 spiro atoms. The summed E-state index contributed by atoms with van der Waals surface area (Å²) in [7, 11) is 9.95. The van der Waals surface area contributed by atoms with Crippen LogP contribution < -0.4 is 41.0 Å². The van der Waals surface area contributed by atoms with E-state index in [4.69, 9.17) is 45.0 Å². The number of nitrogens with one attached hydrogen (secondary N) is 2. The zero-order chi connectivity index (χ0) is 80.2. The maximum atomic E-state index is 13.2. The molecule has 0 fully saturated rings. The van der Waals surface area contributed by atoms with Crippen LogP contribution in [0, 0.1) is 0 Å². The van der Waals surface area contributed by atoms with Crippen molar-refractivity contribution in [2.45, 2.75) is 78.4 Å². The highest BCUT2D eigenvalue weighted by atomic mass is 35.5. The Morgan fingerprint density at radius 2 is 0.664 bits per heavy atom. The average Bonchev–Trinajstić information content (AvgIpc) is 0.821. The molecule has 4 aliphatic heterocycles. The van der Waals surface area contributed by atoms with E-state index < -0.39 is 29.4 Å². The predicted molar refractivity (Wildman–Crippen MR) is 408 cm³/mol. The van der Waals surface area contributed by atoms with Gasteiger partial charge in [0.15, 0.2) is 0 Å². The monoisotopic (exact) mass is 1590 g/mol. The minimum absolute atomic E-state index is 0. The number of carboxylic acids is 1. The first-order valence-electron chi connectivity index (χ1n) is 34.5. The van der Waals surface area contributed by atoms with E-state index in [0.29, 0.717) is 134 Å². The van der Waals surface area contributed by atoms with E-state index >= 15 is 0 Å². The Morgan fingerprint density at radius 3 is 0.873 bits per heavy atom. The second kappa shape index (κ2) is 44.9. The fourth-order valence-electron chi connectivity index (χ4n) is 10.3. The molecule has 7 N–H and O–H groups in total. The number of carbonyl (C=O) groups excluding carboxylic acids is 9. The van der Waals surface area contributed by atoms with E-state index in [1.54, 1.807) is 166 Å². The number of nitrogens with two attached hydrogens (primary N) is 2. The van der Waals surface area contributed by atoms with Crippen LogP contribution >= 0.6 is 24.8 Å². The number of carbonyl (C=O) groups is 10. The van der Waals surface area contributed by atoms with E-state index in [2.05, 4.69) is 10.6 Å². The van der Waals surface area contributed by atoms with Gasteiger partial charge in [0.05, 0.1) is 25.3 Å². The lowest BCUT2D eigenvalue weighted by Gasteiger charge is -2.29. The number of halogens is 6. The van der Waals surface area contributed by atoms with Gasteiger partial charge in [-0.3, -0.25) is 38.4 Å². The summed E-state index contributed by atoms with van der Waals surface area (Å²) in [6.45, 7) is 12.0. The zero-order valence-corrected chi connectivity index (χ0v) is 65.6. The van der Waals surface area contributed by atoms with Crippen LogP contribution in [0.5, 0.6) is 23.0 Å². The fraction of sp³-hybridized carbons (Fsp3) is 0.447. The lowest BCUT2D eigenvalue weighted by atomic mass is 9.98. The van der Waals surface area contributed by atoms with Gasteiger partial charge in [-0.2, -0.15) is 0 Å². The summed E-state index contributed by atoms with van der Waals surface area (Å²) in [5.41, 5.74) is 16.0. The van der Waals surface area contributed by atoms with Crippen molar-refractivity contribution in [2.24, 2.45) is 11.5 Å². The number of hydrogen-bond acceptors (Lipinski definition) is 18. The summed E-state index contributed by atoms with van der Waals surface area (Å²) in [6.07, 6.45) is 2.71. The molecule has 0 aromatic heterocycles. The van der Waals surface area contributed by atoms with Crippen LogP contribution in [0.25, 0.3) is 0 Å². The van der Waals surface area contributed by atoms with Crippen molar-refractivity contribution >= 4 is 84.3 Å². The first-order chi connectivity index (χ1) is 51.0. The largest absolute Gasteiger partial charge is 0.489 e. The Hall–Kier alpha value is -10.4. The molecule has 4 aromatic rings. The SMILES string of the molecule is CC(C)(C)OC(=O)NC/C(=C/F)COc1ccc2c(c1)CCN(CC(=O)O)C2=O.CN(C)C(=O)CN1CCc2cc(OC/C(=C\F)CN)ccc2C1=O.CN(C)C(=O)CN1CCc2cc(OC/C(=C\F)CN)ccc2C1=O.CN(C)C(=O)CN1CCc2cc(OC/C(=C\F)CNC(=O)OC(C)(C)C)ccc2C1=O.Cl.Cl. The number of rotatable bonds is 26. The van der Waals surface area contributed by atoms with E-state index in [9.17, 15) is 65.5 Å². The Morgan fingerprint density at radius 1 is 0.427 bits per heavy atom. The molecular weight excluding hydrogens is 1490 g/mol. The molecule has 4 aromatic carbocycles. The summed E-state index contributed by atoms with van der Waals surface area (Å²) in [4.78, 5) is 130. The summed E-state index contributed by atoms with van der Waals surface area (Å²) in [6, 6.07) is 20.1. The van der Waals surface area contributed by atoms with Gasteiger partial charge in [0.2, 0.25) is 17.7 Å². The Kier molecular flexibility index (Phi) is 38.3. The van der Waals surface area contributed by atoms with E-state index in [0.717, 1.165) is 22.3 Å². The molecule has 28 nitrogen and oxygen atoms in total. The molecule has 34 heteroatoms. The first kappa shape index (κ1) is 93.8. The van der Waals surface area contributed by atoms with Crippen LogP contribution in [-0.4, -0.2) is 257 Å². The minimum atomic E-state index is -1.06. The lowest BCUT2D eigenvalue weighted by molar-refractivity contribution is -0.138. The van der Waals surface area contributed by atoms with Gasteiger partial charge in [-0.05, 0) is 162 Å². The van der Waals surface area contributed by atoms with Gasteiger partial charge < -0.3 is 89.9 Å². The summed E-state index contributed by atoms with van der Waals surface area (Å²) in [5, 5.41) is 13.8. The average molecular weight is 1590 g/mol. The number of aliphatic carboxylic acids is 1. The number of ether oxygens (including phenoxy) is 6. The summed E-state index contributed by atoms with van der Waals surface area (Å²) >= 11 is 0. The smallest absolute Gasteiger partial charge is 0.407 e. The topological polar surface area (TPSA) is 345 Å². The predicted octanol–water partition coefficient (Wildman–Crippen LogP) is 7.83. The van der Waals surface area contributed by atoms with Crippen LogP contribution in [0.1, 0.15) is 105 Å².